The summed E-state index contributed by atoms with van der Waals surface area (Å²) in [5.74, 6) is 0.219. The fraction of sp³-hybridized carbons (Fsp3) is 0.357. The normalized spacial score (nSPS) is 13.4. The van der Waals surface area contributed by atoms with Crippen molar-refractivity contribution < 1.29 is 18.7 Å². The van der Waals surface area contributed by atoms with Crippen molar-refractivity contribution in [2.45, 2.75) is 25.9 Å². The molecular formula is C28H33FN4O3S. The van der Waals surface area contributed by atoms with Crippen molar-refractivity contribution in [1.82, 2.24) is 14.7 Å². The first-order valence-corrected chi connectivity index (χ1v) is 13.3. The van der Waals surface area contributed by atoms with Crippen molar-refractivity contribution in [2.75, 3.05) is 45.2 Å². The predicted octanol–water partition coefficient (Wildman–Crippen LogP) is 5.05. The van der Waals surface area contributed by atoms with Gasteiger partial charge in [-0.1, -0.05) is 18.2 Å². The van der Waals surface area contributed by atoms with Crippen molar-refractivity contribution in [3.05, 3.63) is 82.3 Å². The summed E-state index contributed by atoms with van der Waals surface area (Å²) in [6.45, 7) is 3.88. The van der Waals surface area contributed by atoms with Gasteiger partial charge in [-0.05, 0) is 79.3 Å². The van der Waals surface area contributed by atoms with Crippen molar-refractivity contribution >= 4 is 29.0 Å². The number of carbonyl (C=O) groups excluding carboxylic acids is 2. The Kier molecular flexibility index (Phi) is 9.51. The number of methoxy groups -OCH3 is 1. The van der Waals surface area contributed by atoms with E-state index in [1.54, 1.807) is 64.6 Å². The van der Waals surface area contributed by atoms with E-state index in [4.69, 9.17) is 4.74 Å². The lowest BCUT2D eigenvalue weighted by atomic mass is 10.2. The van der Waals surface area contributed by atoms with E-state index >= 15 is 0 Å². The number of halogens is 1. The van der Waals surface area contributed by atoms with Gasteiger partial charge in [0.25, 0.3) is 0 Å². The van der Waals surface area contributed by atoms with Crippen LogP contribution in [-0.2, 0) is 17.9 Å². The maximum atomic E-state index is 13.6. The van der Waals surface area contributed by atoms with E-state index in [0.29, 0.717) is 37.6 Å². The molecule has 37 heavy (non-hydrogen) atoms. The minimum atomic E-state index is -0.324. The molecule has 3 aromatic rings. The van der Waals surface area contributed by atoms with Crippen LogP contribution < -0.4 is 10.1 Å². The summed E-state index contributed by atoms with van der Waals surface area (Å²) in [6, 6.07) is 16.9. The van der Waals surface area contributed by atoms with Crippen LogP contribution in [0, 0.1) is 5.82 Å². The van der Waals surface area contributed by atoms with E-state index in [1.165, 1.54) is 12.1 Å². The highest BCUT2D eigenvalue weighted by atomic mass is 32.1. The highest BCUT2D eigenvalue weighted by Crippen LogP contribution is 2.18. The number of urea groups is 1. The van der Waals surface area contributed by atoms with Gasteiger partial charge in [-0.25, -0.2) is 9.18 Å². The lowest BCUT2D eigenvalue weighted by Crippen LogP contribution is -2.46. The molecule has 3 amide bonds. The Bertz CT molecular complexity index is 1130. The molecule has 0 aliphatic carbocycles. The molecule has 0 unspecified atom stereocenters. The molecule has 0 spiro atoms. The summed E-state index contributed by atoms with van der Waals surface area (Å²) in [4.78, 5) is 33.6. The Morgan fingerprint density at radius 2 is 1.73 bits per heavy atom. The Balaban J connectivity index is 1.48. The van der Waals surface area contributed by atoms with Crippen LogP contribution in [0.5, 0.6) is 5.75 Å². The van der Waals surface area contributed by atoms with Crippen molar-refractivity contribution in [2.24, 2.45) is 0 Å². The molecule has 1 aliphatic heterocycles. The molecule has 1 aliphatic rings. The average molecular weight is 525 g/mol. The third-order valence-electron chi connectivity index (χ3n) is 6.41. The van der Waals surface area contributed by atoms with Crippen molar-refractivity contribution in [1.29, 1.82) is 0 Å². The molecule has 0 bridgehead atoms. The Morgan fingerprint density at radius 1 is 1.00 bits per heavy atom. The smallest absolute Gasteiger partial charge is 0.322 e. The number of thiophene rings is 1. The monoisotopic (exact) mass is 524 g/mol. The van der Waals surface area contributed by atoms with Crippen LogP contribution in [-0.4, -0.2) is 66.5 Å². The number of ether oxygens (including phenoxy) is 1. The van der Waals surface area contributed by atoms with Gasteiger partial charge in [0.1, 0.15) is 18.1 Å². The van der Waals surface area contributed by atoms with E-state index in [9.17, 15) is 14.0 Å². The highest BCUT2D eigenvalue weighted by molar-refractivity contribution is 7.09. The fourth-order valence-electron chi connectivity index (χ4n) is 4.29. The van der Waals surface area contributed by atoms with Crippen molar-refractivity contribution in [3.63, 3.8) is 0 Å². The van der Waals surface area contributed by atoms with Crippen LogP contribution in [0.1, 0.15) is 23.3 Å². The zero-order valence-electron chi connectivity index (χ0n) is 21.1. The van der Waals surface area contributed by atoms with E-state index in [0.717, 1.165) is 36.4 Å². The van der Waals surface area contributed by atoms with E-state index in [1.807, 2.05) is 17.5 Å². The second kappa shape index (κ2) is 13.2. The number of amides is 3. The van der Waals surface area contributed by atoms with Gasteiger partial charge in [0.15, 0.2) is 0 Å². The number of likely N-dealkylation sites (tertiary alicyclic amines) is 1. The zero-order chi connectivity index (χ0) is 26.0. The third-order valence-corrected chi connectivity index (χ3v) is 7.27. The van der Waals surface area contributed by atoms with Crippen LogP contribution >= 0.6 is 11.3 Å². The molecule has 0 atom stereocenters. The molecule has 2 aromatic carbocycles. The molecule has 1 aromatic heterocycles. The van der Waals surface area contributed by atoms with E-state index in [-0.39, 0.29) is 24.3 Å². The zero-order valence-corrected chi connectivity index (χ0v) is 21.9. The lowest BCUT2D eigenvalue weighted by Gasteiger charge is -2.29. The van der Waals surface area contributed by atoms with Gasteiger partial charge in [-0.15, -0.1) is 11.3 Å². The fourth-order valence-corrected chi connectivity index (χ4v) is 5.01. The molecule has 196 valence electrons. The Labute approximate surface area is 221 Å². The average Bonchev–Trinajstić information content (AvgIpc) is 3.62. The van der Waals surface area contributed by atoms with Gasteiger partial charge in [-0.2, -0.15) is 0 Å². The first-order valence-electron chi connectivity index (χ1n) is 12.5. The van der Waals surface area contributed by atoms with Crippen molar-refractivity contribution in [3.8, 4) is 5.75 Å². The SMILES string of the molecule is COc1ccc(NC(=O)N(CCN2CCCC2)CC(=O)N(Cc2ccc(F)cc2)Cc2cccs2)cc1. The summed E-state index contributed by atoms with van der Waals surface area (Å²) in [7, 11) is 1.59. The number of anilines is 1. The number of hydrogen-bond acceptors (Lipinski definition) is 5. The minimum absolute atomic E-state index is 0.0532. The number of hydrogen-bond donors (Lipinski definition) is 1. The van der Waals surface area contributed by atoms with E-state index in [2.05, 4.69) is 10.2 Å². The Morgan fingerprint density at radius 3 is 2.38 bits per heavy atom. The summed E-state index contributed by atoms with van der Waals surface area (Å²) >= 11 is 1.57. The molecule has 1 saturated heterocycles. The minimum Gasteiger partial charge on any atom is -0.497 e. The van der Waals surface area contributed by atoms with Gasteiger partial charge in [-0.3, -0.25) is 4.79 Å². The molecule has 1 N–H and O–H groups in total. The summed E-state index contributed by atoms with van der Waals surface area (Å²) in [6.07, 6.45) is 2.31. The van der Waals surface area contributed by atoms with Gasteiger partial charge < -0.3 is 24.8 Å². The third kappa shape index (κ3) is 8.03. The summed E-state index contributed by atoms with van der Waals surface area (Å²) in [5.41, 5.74) is 1.46. The topological polar surface area (TPSA) is 65.1 Å². The molecule has 2 heterocycles. The number of carbonyl (C=O) groups is 2. The van der Waals surface area contributed by atoms with Crippen LogP contribution in [0.4, 0.5) is 14.9 Å². The van der Waals surface area contributed by atoms with Gasteiger partial charge in [0, 0.05) is 30.2 Å². The van der Waals surface area contributed by atoms with Crippen LogP contribution in [0.2, 0.25) is 0 Å². The van der Waals surface area contributed by atoms with E-state index < -0.39 is 0 Å². The second-order valence-corrected chi connectivity index (χ2v) is 10.1. The predicted molar refractivity (Wildman–Crippen MR) is 144 cm³/mol. The molecule has 7 nitrogen and oxygen atoms in total. The molecule has 0 radical (unpaired) electrons. The van der Waals surface area contributed by atoms with Gasteiger partial charge in [0.2, 0.25) is 5.91 Å². The molecule has 9 heteroatoms. The number of nitrogens with one attached hydrogen (secondary N) is 1. The Hall–Kier alpha value is -3.43. The quantitative estimate of drug-likeness (QED) is 0.381. The number of nitrogens with zero attached hydrogens (tertiary/aromatic N) is 3. The largest absolute Gasteiger partial charge is 0.497 e. The second-order valence-electron chi connectivity index (χ2n) is 9.08. The standard InChI is InChI=1S/C28H33FN4O3S/c1-36-25-12-10-24(11-13-25)30-28(35)32(17-16-31-14-2-3-15-31)21-27(34)33(20-26-5-4-18-37-26)19-22-6-8-23(29)9-7-22/h4-13,18H,2-3,14-17,19-21H2,1H3,(H,30,35). The number of rotatable bonds is 11. The highest BCUT2D eigenvalue weighted by Gasteiger charge is 2.24. The van der Waals surface area contributed by atoms with Crippen LogP contribution in [0.3, 0.4) is 0 Å². The summed E-state index contributed by atoms with van der Waals surface area (Å²) < 4.78 is 18.6. The number of benzene rings is 2. The first-order chi connectivity index (χ1) is 18.0. The molecular weight excluding hydrogens is 491 g/mol. The first kappa shape index (κ1) is 26.6. The molecule has 4 rings (SSSR count). The lowest BCUT2D eigenvalue weighted by molar-refractivity contribution is -0.133. The van der Waals surface area contributed by atoms with Gasteiger partial charge >= 0.3 is 6.03 Å². The molecule has 1 fully saturated rings. The van der Waals surface area contributed by atoms with Crippen LogP contribution in [0.25, 0.3) is 0 Å². The summed E-state index contributed by atoms with van der Waals surface area (Å²) in [5, 5.41) is 4.89. The van der Waals surface area contributed by atoms with Gasteiger partial charge in [0.05, 0.1) is 13.7 Å². The maximum Gasteiger partial charge on any atom is 0.322 e. The van der Waals surface area contributed by atoms with Crippen LogP contribution in [0.15, 0.2) is 66.0 Å². The maximum absolute atomic E-state index is 13.6. The molecule has 0 saturated carbocycles.